The average Bonchev–Trinajstić information content (AvgIpc) is 2.97. The van der Waals surface area contributed by atoms with Gasteiger partial charge in [0, 0.05) is 22.9 Å². The lowest BCUT2D eigenvalue weighted by Gasteiger charge is -2.05. The van der Waals surface area contributed by atoms with Crippen LogP contribution in [0.15, 0.2) is 77.2 Å². The Balaban J connectivity index is 1.57. The number of pyridine rings is 1. The molecular weight excluding hydrogens is 410 g/mol. The van der Waals surface area contributed by atoms with E-state index in [1.165, 1.54) is 18.5 Å². The van der Waals surface area contributed by atoms with Crippen LogP contribution in [-0.2, 0) is 0 Å². The highest BCUT2D eigenvalue weighted by Crippen LogP contribution is 2.35. The van der Waals surface area contributed by atoms with Gasteiger partial charge in [-0.2, -0.15) is 0 Å². The van der Waals surface area contributed by atoms with E-state index in [1.807, 2.05) is 24.3 Å². The Kier molecular flexibility index (Phi) is 4.56. The SMILES string of the molecule is O=C(Oc1ccc2c(c1)O/C(=C\c1cccc(Br)c1)C2=O)c1ccncc1. The molecule has 6 heteroatoms. The first-order valence-electron chi connectivity index (χ1n) is 8.06. The monoisotopic (exact) mass is 421 g/mol. The summed E-state index contributed by atoms with van der Waals surface area (Å²) in [4.78, 5) is 28.5. The first kappa shape index (κ1) is 17.2. The number of aromatic nitrogens is 1. The molecule has 0 bridgehead atoms. The molecule has 0 N–H and O–H groups in total. The smallest absolute Gasteiger partial charge is 0.343 e. The summed E-state index contributed by atoms with van der Waals surface area (Å²) in [6, 6.07) is 15.4. The van der Waals surface area contributed by atoms with E-state index in [-0.39, 0.29) is 11.5 Å². The van der Waals surface area contributed by atoms with Gasteiger partial charge in [-0.1, -0.05) is 28.1 Å². The summed E-state index contributed by atoms with van der Waals surface area (Å²) in [5.74, 6) is 0.164. The topological polar surface area (TPSA) is 65.5 Å². The molecule has 0 fully saturated rings. The number of halogens is 1. The van der Waals surface area contributed by atoms with Crippen LogP contribution in [0, 0.1) is 0 Å². The van der Waals surface area contributed by atoms with Crippen LogP contribution in [-0.4, -0.2) is 16.7 Å². The number of carbonyl (C=O) groups is 2. The van der Waals surface area contributed by atoms with Gasteiger partial charge >= 0.3 is 5.97 Å². The van der Waals surface area contributed by atoms with Gasteiger partial charge in [0.2, 0.25) is 5.78 Å². The molecule has 2 aromatic carbocycles. The van der Waals surface area contributed by atoms with Gasteiger partial charge in [-0.05, 0) is 48.0 Å². The number of ether oxygens (including phenoxy) is 2. The van der Waals surface area contributed by atoms with Gasteiger partial charge in [-0.25, -0.2) is 4.79 Å². The van der Waals surface area contributed by atoms with Gasteiger partial charge in [0.25, 0.3) is 0 Å². The van der Waals surface area contributed by atoms with E-state index in [2.05, 4.69) is 20.9 Å². The Labute approximate surface area is 163 Å². The highest BCUT2D eigenvalue weighted by molar-refractivity contribution is 9.10. The Morgan fingerprint density at radius 1 is 1.07 bits per heavy atom. The van der Waals surface area contributed by atoms with Gasteiger partial charge < -0.3 is 9.47 Å². The molecule has 0 saturated heterocycles. The Bertz CT molecular complexity index is 1080. The summed E-state index contributed by atoms with van der Waals surface area (Å²) in [6.07, 6.45) is 4.70. The molecule has 0 unspecified atom stereocenters. The molecular formula is C21H12BrNO4. The fourth-order valence-electron chi connectivity index (χ4n) is 2.63. The molecule has 0 atom stereocenters. The minimum atomic E-state index is -0.508. The van der Waals surface area contributed by atoms with Crippen molar-refractivity contribution in [1.82, 2.24) is 4.98 Å². The summed E-state index contributed by atoms with van der Waals surface area (Å²) in [5, 5.41) is 0. The van der Waals surface area contributed by atoms with E-state index in [0.29, 0.717) is 22.6 Å². The number of Topliss-reactive ketones (excluding diaryl/α,β-unsaturated/α-hetero) is 1. The van der Waals surface area contributed by atoms with Crippen molar-refractivity contribution in [2.45, 2.75) is 0 Å². The number of allylic oxidation sites excluding steroid dienone is 1. The van der Waals surface area contributed by atoms with Crippen LogP contribution in [0.3, 0.4) is 0 Å². The summed E-state index contributed by atoms with van der Waals surface area (Å²) in [6.45, 7) is 0. The molecule has 0 saturated carbocycles. The molecule has 0 spiro atoms. The number of rotatable bonds is 3. The van der Waals surface area contributed by atoms with Gasteiger partial charge in [-0.15, -0.1) is 0 Å². The fraction of sp³-hybridized carbons (Fsp3) is 0. The number of nitrogens with zero attached hydrogens (tertiary/aromatic N) is 1. The van der Waals surface area contributed by atoms with Crippen molar-refractivity contribution in [3.8, 4) is 11.5 Å². The van der Waals surface area contributed by atoms with Crippen LogP contribution in [0.5, 0.6) is 11.5 Å². The normalized spacial score (nSPS) is 14.0. The first-order valence-corrected chi connectivity index (χ1v) is 8.85. The van der Waals surface area contributed by atoms with Gasteiger partial charge in [0.15, 0.2) is 5.76 Å². The van der Waals surface area contributed by atoms with Crippen molar-refractivity contribution in [2.24, 2.45) is 0 Å². The third kappa shape index (κ3) is 3.66. The largest absolute Gasteiger partial charge is 0.452 e. The third-order valence-electron chi connectivity index (χ3n) is 3.91. The zero-order valence-electron chi connectivity index (χ0n) is 13.9. The number of esters is 1. The lowest BCUT2D eigenvalue weighted by molar-refractivity contribution is 0.0734. The standard InChI is InChI=1S/C21H12BrNO4/c22-15-3-1-2-13(10-15)11-19-20(24)17-5-4-16(12-18(17)27-19)26-21(25)14-6-8-23-9-7-14/h1-12H/b19-11-. The van der Waals surface area contributed by atoms with Crippen molar-refractivity contribution in [2.75, 3.05) is 0 Å². The average molecular weight is 422 g/mol. The zero-order chi connectivity index (χ0) is 18.8. The maximum atomic E-state index is 12.5. The van der Waals surface area contributed by atoms with Crippen molar-refractivity contribution < 1.29 is 19.1 Å². The molecule has 2 heterocycles. The fourth-order valence-corrected chi connectivity index (χ4v) is 3.05. The second kappa shape index (κ2) is 7.17. The summed E-state index contributed by atoms with van der Waals surface area (Å²) in [7, 11) is 0. The molecule has 4 rings (SSSR count). The van der Waals surface area contributed by atoms with Crippen LogP contribution >= 0.6 is 15.9 Å². The van der Waals surface area contributed by atoms with Crippen molar-refractivity contribution in [3.05, 3.63) is 93.9 Å². The maximum Gasteiger partial charge on any atom is 0.343 e. The van der Waals surface area contributed by atoms with E-state index in [0.717, 1.165) is 10.0 Å². The Hall–Kier alpha value is -3.25. The Morgan fingerprint density at radius 3 is 2.67 bits per heavy atom. The van der Waals surface area contributed by atoms with E-state index >= 15 is 0 Å². The van der Waals surface area contributed by atoms with Gasteiger partial charge in [0.1, 0.15) is 11.5 Å². The van der Waals surface area contributed by atoms with Crippen molar-refractivity contribution in [3.63, 3.8) is 0 Å². The van der Waals surface area contributed by atoms with Crippen molar-refractivity contribution in [1.29, 1.82) is 0 Å². The predicted octanol–water partition coefficient (Wildman–Crippen LogP) is 4.68. The lowest BCUT2D eigenvalue weighted by atomic mass is 10.1. The molecule has 0 amide bonds. The molecule has 1 aliphatic rings. The maximum absolute atomic E-state index is 12.5. The van der Waals surface area contributed by atoms with E-state index in [9.17, 15) is 9.59 Å². The third-order valence-corrected chi connectivity index (χ3v) is 4.41. The molecule has 1 aliphatic heterocycles. The number of benzene rings is 2. The number of carbonyl (C=O) groups excluding carboxylic acids is 2. The highest BCUT2D eigenvalue weighted by Gasteiger charge is 2.28. The summed E-state index contributed by atoms with van der Waals surface area (Å²) in [5.41, 5.74) is 1.66. The Morgan fingerprint density at radius 2 is 1.89 bits per heavy atom. The molecule has 132 valence electrons. The van der Waals surface area contributed by atoms with Crippen LogP contribution in [0.25, 0.3) is 6.08 Å². The number of hydrogen-bond donors (Lipinski definition) is 0. The second-order valence-corrected chi connectivity index (χ2v) is 6.69. The lowest BCUT2D eigenvalue weighted by Crippen LogP contribution is -2.08. The minimum absolute atomic E-state index is 0.211. The van der Waals surface area contributed by atoms with Crippen LogP contribution in [0.1, 0.15) is 26.3 Å². The molecule has 1 aromatic heterocycles. The van der Waals surface area contributed by atoms with Crippen molar-refractivity contribution >= 4 is 33.8 Å². The summed E-state index contributed by atoms with van der Waals surface area (Å²) < 4.78 is 11.9. The highest BCUT2D eigenvalue weighted by atomic mass is 79.9. The first-order chi connectivity index (χ1) is 13.1. The number of ketones is 1. The minimum Gasteiger partial charge on any atom is -0.452 e. The van der Waals surface area contributed by atoms with Crippen LogP contribution in [0.4, 0.5) is 0 Å². The molecule has 27 heavy (non-hydrogen) atoms. The van der Waals surface area contributed by atoms with Crippen LogP contribution in [0.2, 0.25) is 0 Å². The van der Waals surface area contributed by atoms with Crippen LogP contribution < -0.4 is 9.47 Å². The summed E-state index contributed by atoms with van der Waals surface area (Å²) >= 11 is 3.40. The van der Waals surface area contributed by atoms with E-state index in [1.54, 1.807) is 30.3 Å². The molecule has 0 radical (unpaired) electrons. The molecule has 0 aliphatic carbocycles. The van der Waals surface area contributed by atoms with Gasteiger partial charge in [0.05, 0.1) is 11.1 Å². The number of fused-ring (bicyclic) bond motifs is 1. The van der Waals surface area contributed by atoms with Gasteiger partial charge in [-0.3, -0.25) is 9.78 Å². The van der Waals surface area contributed by atoms with E-state index < -0.39 is 5.97 Å². The van der Waals surface area contributed by atoms with E-state index in [4.69, 9.17) is 9.47 Å². The number of hydrogen-bond acceptors (Lipinski definition) is 5. The predicted molar refractivity (Wildman–Crippen MR) is 103 cm³/mol. The molecule has 5 nitrogen and oxygen atoms in total. The second-order valence-electron chi connectivity index (χ2n) is 5.78. The zero-order valence-corrected chi connectivity index (χ0v) is 15.5. The molecule has 3 aromatic rings. The quantitative estimate of drug-likeness (QED) is 0.349.